The summed E-state index contributed by atoms with van der Waals surface area (Å²) in [6.45, 7) is 4.53. The summed E-state index contributed by atoms with van der Waals surface area (Å²) < 4.78 is 11.4. The molecule has 0 N–H and O–H groups in total. The number of hydrogen-bond acceptors (Lipinski definition) is 7. The van der Waals surface area contributed by atoms with E-state index in [1.54, 1.807) is 17.0 Å². The maximum Gasteiger partial charge on any atom is 0.276 e. The number of fused-ring (bicyclic) bond motifs is 3. The van der Waals surface area contributed by atoms with Crippen LogP contribution in [0.2, 0.25) is 0 Å². The zero-order valence-corrected chi connectivity index (χ0v) is 16.9. The SMILES string of the molecule is Cc1ccc2c(c1)-c1onc(C(=O)N3CCN(c4ccc([N+](=O)[O-])cc4)CC3)c1CO2. The minimum absolute atomic E-state index is 0.0624. The number of carbonyl (C=O) groups excluding carboxylic acids is 1. The number of nitrogens with zero attached hydrogens (tertiary/aromatic N) is 4. The van der Waals surface area contributed by atoms with Gasteiger partial charge in [0.25, 0.3) is 11.6 Å². The zero-order valence-electron chi connectivity index (χ0n) is 16.9. The van der Waals surface area contributed by atoms with Gasteiger partial charge in [-0.15, -0.1) is 0 Å². The summed E-state index contributed by atoms with van der Waals surface area (Å²) in [5.41, 5.74) is 3.83. The molecule has 2 aromatic carbocycles. The first-order chi connectivity index (χ1) is 15.0. The van der Waals surface area contributed by atoms with E-state index in [4.69, 9.17) is 9.26 Å². The van der Waals surface area contributed by atoms with Gasteiger partial charge in [-0.05, 0) is 31.2 Å². The van der Waals surface area contributed by atoms with Crippen LogP contribution in [-0.4, -0.2) is 47.1 Å². The van der Waals surface area contributed by atoms with Crippen LogP contribution in [0.3, 0.4) is 0 Å². The first kappa shape index (κ1) is 19.1. The third-order valence-corrected chi connectivity index (χ3v) is 5.73. The predicted molar refractivity (Wildman–Crippen MR) is 112 cm³/mol. The molecule has 0 spiro atoms. The number of amides is 1. The lowest BCUT2D eigenvalue weighted by molar-refractivity contribution is -0.384. The number of aromatic nitrogens is 1. The monoisotopic (exact) mass is 420 g/mol. The summed E-state index contributed by atoms with van der Waals surface area (Å²) in [5, 5.41) is 14.9. The van der Waals surface area contributed by atoms with Gasteiger partial charge in [-0.2, -0.15) is 0 Å². The molecule has 1 saturated heterocycles. The molecule has 0 saturated carbocycles. The molecule has 5 rings (SSSR count). The molecule has 3 aromatic rings. The Morgan fingerprint density at radius 3 is 2.55 bits per heavy atom. The Kier molecular flexibility index (Phi) is 4.58. The lowest BCUT2D eigenvalue weighted by atomic mass is 10.0. The molecule has 0 radical (unpaired) electrons. The normalized spacial score (nSPS) is 15.1. The number of aryl methyl sites for hydroxylation is 1. The van der Waals surface area contributed by atoms with E-state index in [1.807, 2.05) is 25.1 Å². The molecule has 0 aliphatic carbocycles. The maximum atomic E-state index is 13.1. The van der Waals surface area contributed by atoms with Crippen LogP contribution < -0.4 is 9.64 Å². The molecule has 2 aliphatic rings. The summed E-state index contributed by atoms with van der Waals surface area (Å²) in [7, 11) is 0. The molecule has 2 aliphatic heterocycles. The molecule has 1 aromatic heterocycles. The molecule has 9 nitrogen and oxygen atoms in total. The van der Waals surface area contributed by atoms with Gasteiger partial charge in [-0.1, -0.05) is 16.8 Å². The molecule has 31 heavy (non-hydrogen) atoms. The van der Waals surface area contributed by atoms with Gasteiger partial charge in [-0.3, -0.25) is 14.9 Å². The molecule has 0 unspecified atom stereocenters. The van der Waals surface area contributed by atoms with E-state index in [-0.39, 0.29) is 18.2 Å². The minimum atomic E-state index is -0.414. The van der Waals surface area contributed by atoms with E-state index in [9.17, 15) is 14.9 Å². The Balaban J connectivity index is 1.30. The molecule has 9 heteroatoms. The summed E-state index contributed by atoms with van der Waals surface area (Å²) in [6, 6.07) is 12.3. The molecule has 1 amide bonds. The standard InChI is InChI=1S/C22H20N4O5/c1-14-2-7-19-17(12-14)21-18(13-30-19)20(23-31-21)22(27)25-10-8-24(9-11-25)15-3-5-16(6-4-15)26(28)29/h2-7,12H,8-11,13H2,1H3. The van der Waals surface area contributed by atoms with Crippen LogP contribution >= 0.6 is 0 Å². The van der Waals surface area contributed by atoms with Gasteiger partial charge in [0.05, 0.1) is 16.1 Å². The van der Waals surface area contributed by atoms with E-state index in [0.29, 0.717) is 43.2 Å². The number of nitro groups is 1. The fourth-order valence-electron chi connectivity index (χ4n) is 4.02. The van der Waals surface area contributed by atoms with E-state index < -0.39 is 4.92 Å². The number of non-ortho nitro benzene ring substituents is 1. The van der Waals surface area contributed by atoms with Crippen molar-refractivity contribution in [3.05, 3.63) is 69.4 Å². The quantitative estimate of drug-likeness (QED) is 0.473. The Morgan fingerprint density at radius 1 is 1.10 bits per heavy atom. The minimum Gasteiger partial charge on any atom is -0.488 e. The molecule has 3 heterocycles. The number of carbonyl (C=O) groups is 1. The van der Waals surface area contributed by atoms with Gasteiger partial charge in [0.1, 0.15) is 12.4 Å². The largest absolute Gasteiger partial charge is 0.488 e. The second-order valence-corrected chi connectivity index (χ2v) is 7.68. The summed E-state index contributed by atoms with van der Waals surface area (Å²) in [4.78, 5) is 27.4. The van der Waals surface area contributed by atoms with E-state index in [1.165, 1.54) is 12.1 Å². The summed E-state index contributed by atoms with van der Waals surface area (Å²) in [6.07, 6.45) is 0. The Hall–Kier alpha value is -3.88. The van der Waals surface area contributed by atoms with Crippen molar-refractivity contribution in [1.29, 1.82) is 0 Å². The average Bonchev–Trinajstić information content (AvgIpc) is 3.23. The lowest BCUT2D eigenvalue weighted by Gasteiger charge is -2.35. The van der Waals surface area contributed by atoms with Gasteiger partial charge >= 0.3 is 0 Å². The zero-order chi connectivity index (χ0) is 21.5. The van der Waals surface area contributed by atoms with Gasteiger partial charge in [-0.25, -0.2) is 0 Å². The van der Waals surface area contributed by atoms with Crippen LogP contribution in [0.15, 0.2) is 47.0 Å². The van der Waals surface area contributed by atoms with Crippen molar-refractivity contribution in [3.63, 3.8) is 0 Å². The highest BCUT2D eigenvalue weighted by Gasteiger charge is 2.32. The van der Waals surface area contributed by atoms with Gasteiger partial charge in [0.15, 0.2) is 11.5 Å². The number of rotatable bonds is 3. The summed E-state index contributed by atoms with van der Waals surface area (Å²) in [5.74, 6) is 1.15. The maximum absolute atomic E-state index is 13.1. The molecular formula is C22H20N4O5. The highest BCUT2D eigenvalue weighted by Crippen LogP contribution is 2.39. The van der Waals surface area contributed by atoms with Crippen molar-refractivity contribution in [3.8, 4) is 17.1 Å². The fraction of sp³-hybridized carbons (Fsp3) is 0.273. The van der Waals surface area contributed by atoms with Gasteiger partial charge < -0.3 is 19.1 Å². The third kappa shape index (κ3) is 3.37. The van der Waals surface area contributed by atoms with E-state index in [2.05, 4.69) is 10.1 Å². The first-order valence-electron chi connectivity index (χ1n) is 10.0. The predicted octanol–water partition coefficient (Wildman–Crippen LogP) is 3.41. The molecule has 0 atom stereocenters. The lowest BCUT2D eigenvalue weighted by Crippen LogP contribution is -2.49. The molecular weight excluding hydrogens is 400 g/mol. The Labute approximate surface area is 178 Å². The average molecular weight is 420 g/mol. The Morgan fingerprint density at radius 2 is 1.84 bits per heavy atom. The second kappa shape index (κ2) is 7.42. The van der Waals surface area contributed by atoms with E-state index in [0.717, 1.165) is 22.6 Å². The van der Waals surface area contributed by atoms with Gasteiger partial charge in [0, 0.05) is 44.0 Å². The number of hydrogen-bond donors (Lipinski definition) is 0. The number of anilines is 1. The van der Waals surface area contributed by atoms with Crippen LogP contribution in [0, 0.1) is 17.0 Å². The van der Waals surface area contributed by atoms with Crippen molar-refractivity contribution in [1.82, 2.24) is 10.1 Å². The van der Waals surface area contributed by atoms with Crippen LogP contribution in [0.1, 0.15) is 21.6 Å². The number of piperazine rings is 1. The molecule has 158 valence electrons. The van der Waals surface area contributed by atoms with Crippen LogP contribution in [0.4, 0.5) is 11.4 Å². The van der Waals surface area contributed by atoms with Crippen molar-refractivity contribution in [2.24, 2.45) is 0 Å². The van der Waals surface area contributed by atoms with Crippen molar-refractivity contribution in [2.45, 2.75) is 13.5 Å². The smallest absolute Gasteiger partial charge is 0.276 e. The number of benzene rings is 2. The van der Waals surface area contributed by atoms with Crippen LogP contribution in [-0.2, 0) is 6.61 Å². The molecule has 1 fully saturated rings. The molecule has 0 bridgehead atoms. The topological polar surface area (TPSA) is 102 Å². The first-order valence-corrected chi connectivity index (χ1v) is 10.0. The number of nitro benzene ring substituents is 1. The number of ether oxygens (including phenoxy) is 1. The highest BCUT2D eigenvalue weighted by molar-refractivity contribution is 5.96. The summed E-state index contributed by atoms with van der Waals surface area (Å²) >= 11 is 0. The van der Waals surface area contributed by atoms with Gasteiger partial charge in [0.2, 0.25) is 0 Å². The third-order valence-electron chi connectivity index (χ3n) is 5.73. The van der Waals surface area contributed by atoms with Crippen LogP contribution in [0.25, 0.3) is 11.3 Å². The fourth-order valence-corrected chi connectivity index (χ4v) is 4.02. The van der Waals surface area contributed by atoms with Crippen molar-refractivity contribution in [2.75, 3.05) is 31.1 Å². The highest BCUT2D eigenvalue weighted by atomic mass is 16.6. The second-order valence-electron chi connectivity index (χ2n) is 7.68. The van der Waals surface area contributed by atoms with Crippen molar-refractivity contribution >= 4 is 17.3 Å². The van der Waals surface area contributed by atoms with Crippen LogP contribution in [0.5, 0.6) is 5.75 Å². The Bertz CT molecular complexity index is 1160. The van der Waals surface area contributed by atoms with E-state index >= 15 is 0 Å². The van der Waals surface area contributed by atoms with Crippen molar-refractivity contribution < 1.29 is 19.0 Å².